The zero-order valence-electron chi connectivity index (χ0n) is 24.4. The second-order valence-corrected chi connectivity index (χ2v) is 12.7. The average Bonchev–Trinajstić information content (AvgIpc) is 3.55. The van der Waals surface area contributed by atoms with Gasteiger partial charge in [0, 0.05) is 17.9 Å². The number of nitrogens with one attached hydrogen (secondary N) is 1. The van der Waals surface area contributed by atoms with Crippen molar-refractivity contribution in [2.75, 3.05) is 37.8 Å². The van der Waals surface area contributed by atoms with Gasteiger partial charge in [-0.05, 0) is 77.8 Å². The molecule has 236 valence electrons. The molecule has 1 saturated carbocycles. The van der Waals surface area contributed by atoms with Gasteiger partial charge in [0.25, 0.3) is 5.91 Å². The molecule has 0 aromatic heterocycles. The van der Waals surface area contributed by atoms with E-state index in [1.165, 1.54) is 0 Å². The standard InChI is InChI=1S/C32H39N3O8S/c33-26-11-6-24(7-12-26)30(37)21-35(32(39)40)16-18-43-27-13-8-22(9-14-27)25-10-15-28(29(20-25)23-4-1-2-5-23)31(38)34-44(41,42)19-3-17-36/h6-15,20,23,30,36-37H,1-5,16-19,21,33H2,(H,34,38)(H,39,40)/t30-/m1/s1. The molecule has 12 heteroatoms. The first-order chi connectivity index (χ1) is 21.1. The van der Waals surface area contributed by atoms with Gasteiger partial charge in [0.05, 0.1) is 24.9 Å². The van der Waals surface area contributed by atoms with E-state index in [0.29, 0.717) is 22.6 Å². The van der Waals surface area contributed by atoms with Gasteiger partial charge in [-0.25, -0.2) is 17.9 Å². The molecular formula is C32H39N3O8S. The Morgan fingerprint density at radius 3 is 2.30 bits per heavy atom. The highest BCUT2D eigenvalue weighted by atomic mass is 32.2. The first-order valence-electron chi connectivity index (χ1n) is 14.6. The van der Waals surface area contributed by atoms with Crippen LogP contribution in [0.5, 0.6) is 5.75 Å². The number of nitrogen functional groups attached to an aromatic ring is 1. The number of sulfonamides is 1. The number of aliphatic hydroxyl groups excluding tert-OH is 2. The predicted octanol–water partition coefficient (Wildman–Crippen LogP) is 4.13. The summed E-state index contributed by atoms with van der Waals surface area (Å²) in [4.78, 5) is 25.8. The highest BCUT2D eigenvalue weighted by Gasteiger charge is 2.25. The second-order valence-electron chi connectivity index (χ2n) is 10.9. The number of aliphatic hydroxyl groups is 2. The lowest BCUT2D eigenvalue weighted by atomic mass is 9.89. The monoisotopic (exact) mass is 625 g/mol. The van der Waals surface area contributed by atoms with E-state index in [1.807, 2.05) is 18.2 Å². The molecule has 0 aliphatic heterocycles. The lowest BCUT2D eigenvalue weighted by Gasteiger charge is -2.23. The second kappa shape index (κ2) is 15.0. The van der Waals surface area contributed by atoms with E-state index in [2.05, 4.69) is 4.72 Å². The molecule has 11 nitrogen and oxygen atoms in total. The summed E-state index contributed by atoms with van der Waals surface area (Å²) in [5.41, 5.74) is 9.67. The van der Waals surface area contributed by atoms with E-state index >= 15 is 0 Å². The third-order valence-corrected chi connectivity index (χ3v) is 9.04. The number of carboxylic acid groups (broad SMARTS) is 1. The number of hydrogen-bond donors (Lipinski definition) is 5. The van der Waals surface area contributed by atoms with E-state index in [0.717, 1.165) is 47.3 Å². The third kappa shape index (κ3) is 8.94. The molecule has 1 atom stereocenters. The van der Waals surface area contributed by atoms with Crippen molar-refractivity contribution in [3.8, 4) is 16.9 Å². The maximum Gasteiger partial charge on any atom is 0.407 e. The molecule has 0 heterocycles. The highest BCUT2D eigenvalue weighted by molar-refractivity contribution is 7.90. The first-order valence-corrected chi connectivity index (χ1v) is 16.3. The van der Waals surface area contributed by atoms with Crippen LogP contribution < -0.4 is 15.2 Å². The van der Waals surface area contributed by atoms with Crippen LogP contribution in [0, 0.1) is 0 Å². The molecule has 3 aromatic rings. The molecule has 44 heavy (non-hydrogen) atoms. The number of anilines is 1. The third-order valence-electron chi connectivity index (χ3n) is 7.71. The summed E-state index contributed by atoms with van der Waals surface area (Å²) in [6.45, 7) is -0.269. The van der Waals surface area contributed by atoms with Gasteiger partial charge in [-0.1, -0.05) is 49.2 Å². The van der Waals surface area contributed by atoms with Crippen LogP contribution >= 0.6 is 0 Å². The molecule has 6 N–H and O–H groups in total. The summed E-state index contributed by atoms with van der Waals surface area (Å²) in [5, 5.41) is 29.0. The Morgan fingerprint density at radius 2 is 1.66 bits per heavy atom. The maximum absolute atomic E-state index is 13.0. The Morgan fingerprint density at radius 1 is 1.00 bits per heavy atom. The number of hydrogen-bond acceptors (Lipinski definition) is 8. The molecule has 2 amide bonds. The van der Waals surface area contributed by atoms with E-state index in [-0.39, 0.29) is 44.4 Å². The molecular weight excluding hydrogens is 586 g/mol. The Kier molecular flexibility index (Phi) is 11.2. The van der Waals surface area contributed by atoms with Crippen molar-refractivity contribution in [2.45, 2.75) is 44.1 Å². The molecule has 0 bridgehead atoms. The van der Waals surface area contributed by atoms with Crippen molar-refractivity contribution >= 4 is 27.7 Å². The van der Waals surface area contributed by atoms with E-state index in [1.54, 1.807) is 48.5 Å². The van der Waals surface area contributed by atoms with Gasteiger partial charge < -0.3 is 30.7 Å². The van der Waals surface area contributed by atoms with Crippen LogP contribution in [0.2, 0.25) is 0 Å². The molecule has 0 spiro atoms. The van der Waals surface area contributed by atoms with Crippen LogP contribution in [-0.2, 0) is 10.0 Å². The minimum Gasteiger partial charge on any atom is -0.492 e. The topological polar surface area (TPSA) is 179 Å². The summed E-state index contributed by atoms with van der Waals surface area (Å²) in [7, 11) is -3.86. The van der Waals surface area contributed by atoms with Crippen molar-refractivity contribution in [2.24, 2.45) is 0 Å². The number of nitrogens with two attached hydrogens (primary N) is 1. The number of benzene rings is 3. The quantitative estimate of drug-likeness (QED) is 0.165. The average molecular weight is 626 g/mol. The fourth-order valence-electron chi connectivity index (χ4n) is 5.34. The Balaban J connectivity index is 1.41. The number of ether oxygens (including phenoxy) is 1. The maximum atomic E-state index is 13.0. The van der Waals surface area contributed by atoms with Gasteiger partial charge in [0.15, 0.2) is 0 Å². The van der Waals surface area contributed by atoms with Crippen molar-refractivity contribution in [3.63, 3.8) is 0 Å². The molecule has 1 aliphatic carbocycles. The van der Waals surface area contributed by atoms with Crippen molar-refractivity contribution in [1.29, 1.82) is 0 Å². The number of carbonyl (C=O) groups excluding carboxylic acids is 1. The van der Waals surface area contributed by atoms with E-state index < -0.39 is 28.1 Å². The predicted molar refractivity (Wildman–Crippen MR) is 167 cm³/mol. The number of amides is 2. The molecule has 1 aliphatic rings. The molecule has 1 fully saturated rings. The largest absolute Gasteiger partial charge is 0.492 e. The first kappa shape index (κ1) is 32.8. The summed E-state index contributed by atoms with van der Waals surface area (Å²) in [6, 6.07) is 19.2. The fourth-order valence-corrected chi connectivity index (χ4v) is 6.34. The minimum absolute atomic E-state index is 0.0439. The molecule has 4 rings (SSSR count). The number of carbonyl (C=O) groups is 2. The van der Waals surface area contributed by atoms with Crippen LogP contribution in [0.4, 0.5) is 10.5 Å². The molecule has 3 aromatic carbocycles. The Hall–Kier alpha value is -4.13. The van der Waals surface area contributed by atoms with Crippen molar-refractivity contribution in [3.05, 3.63) is 83.4 Å². The van der Waals surface area contributed by atoms with E-state index in [4.69, 9.17) is 15.6 Å². The number of rotatable bonds is 14. The molecule has 0 radical (unpaired) electrons. The van der Waals surface area contributed by atoms with Crippen LogP contribution in [0.1, 0.15) is 65.6 Å². The van der Waals surface area contributed by atoms with Crippen LogP contribution in [0.15, 0.2) is 66.7 Å². The van der Waals surface area contributed by atoms with Gasteiger partial charge in [-0.2, -0.15) is 0 Å². The van der Waals surface area contributed by atoms with Gasteiger partial charge in [-0.15, -0.1) is 0 Å². The fraction of sp³-hybridized carbons (Fsp3) is 0.375. The summed E-state index contributed by atoms with van der Waals surface area (Å²) in [5.74, 6) is -0.315. The number of nitrogens with zero attached hydrogens (tertiary/aromatic N) is 1. The van der Waals surface area contributed by atoms with Gasteiger partial charge in [0.2, 0.25) is 10.0 Å². The van der Waals surface area contributed by atoms with Gasteiger partial charge >= 0.3 is 6.09 Å². The minimum atomic E-state index is -3.86. The van der Waals surface area contributed by atoms with Crippen molar-refractivity contribution in [1.82, 2.24) is 9.62 Å². The van der Waals surface area contributed by atoms with Gasteiger partial charge in [0.1, 0.15) is 12.4 Å². The normalized spacial score (nSPS) is 14.2. The lowest BCUT2D eigenvalue weighted by Crippen LogP contribution is -2.36. The Bertz CT molecular complexity index is 1520. The summed E-state index contributed by atoms with van der Waals surface area (Å²) >= 11 is 0. The summed E-state index contributed by atoms with van der Waals surface area (Å²) in [6.07, 6.45) is 1.77. The Labute approximate surface area is 257 Å². The van der Waals surface area contributed by atoms with Crippen LogP contribution in [-0.4, -0.2) is 72.7 Å². The zero-order chi connectivity index (χ0) is 31.7. The molecule has 0 unspecified atom stereocenters. The van der Waals surface area contributed by atoms with E-state index in [9.17, 15) is 28.2 Å². The summed E-state index contributed by atoms with van der Waals surface area (Å²) < 4.78 is 32.5. The lowest BCUT2D eigenvalue weighted by molar-refractivity contribution is 0.0894. The smallest absolute Gasteiger partial charge is 0.407 e. The van der Waals surface area contributed by atoms with Gasteiger partial charge in [-0.3, -0.25) is 4.79 Å². The van der Waals surface area contributed by atoms with Crippen LogP contribution in [0.25, 0.3) is 11.1 Å². The van der Waals surface area contributed by atoms with Crippen LogP contribution in [0.3, 0.4) is 0 Å². The zero-order valence-corrected chi connectivity index (χ0v) is 25.2. The SMILES string of the molecule is Nc1ccc([C@H](O)CN(CCOc2ccc(-c3ccc(C(=O)NS(=O)(=O)CCCO)c(C4CCCC4)c3)cc2)C(=O)O)cc1. The highest BCUT2D eigenvalue weighted by Crippen LogP contribution is 2.38. The van der Waals surface area contributed by atoms with Crippen molar-refractivity contribution < 1.29 is 38.1 Å². The molecule has 0 saturated heterocycles.